The van der Waals surface area contributed by atoms with Crippen LogP contribution in [0, 0.1) is 6.92 Å². The first-order valence-corrected chi connectivity index (χ1v) is 8.74. The molecule has 0 saturated heterocycles. The van der Waals surface area contributed by atoms with Gasteiger partial charge in [0.1, 0.15) is 4.38 Å². The predicted molar refractivity (Wildman–Crippen MR) is 91.1 cm³/mol. The highest BCUT2D eigenvalue weighted by Gasteiger charge is 2.14. The molecule has 0 radical (unpaired) electrons. The minimum Gasteiger partial charge on any atom is -0.325 e. The molecule has 3 nitrogen and oxygen atoms in total. The average Bonchev–Trinajstić information content (AvgIpc) is 2.91. The number of anilines is 1. The van der Waals surface area contributed by atoms with E-state index in [1.165, 1.54) is 17.3 Å². The van der Waals surface area contributed by atoms with E-state index in [0.29, 0.717) is 11.7 Å². The lowest BCUT2D eigenvalue weighted by atomic mass is 9.98. The topological polar surface area (TPSA) is 41.5 Å². The van der Waals surface area contributed by atoms with Gasteiger partial charge in [0.05, 0.1) is 12.3 Å². The Kier molecular flexibility index (Phi) is 5.54. The summed E-state index contributed by atoms with van der Waals surface area (Å²) >= 11 is 3.27. The third kappa shape index (κ3) is 4.03. The molecule has 2 rings (SSSR count). The number of carbonyl (C=O) groups excluding carboxylic acids is 1. The first-order valence-electron chi connectivity index (χ1n) is 6.77. The second-order valence-corrected chi connectivity index (χ2v) is 7.33. The van der Waals surface area contributed by atoms with Gasteiger partial charge in [0.25, 0.3) is 0 Å². The third-order valence-electron chi connectivity index (χ3n) is 3.08. The molecule has 0 saturated carbocycles. The van der Waals surface area contributed by atoms with E-state index in [-0.39, 0.29) is 5.91 Å². The molecule has 0 aliphatic carbocycles. The van der Waals surface area contributed by atoms with E-state index >= 15 is 0 Å². The maximum atomic E-state index is 12.1. The normalized spacial score (nSPS) is 14.5. The van der Waals surface area contributed by atoms with Crippen molar-refractivity contribution in [1.29, 1.82) is 0 Å². The summed E-state index contributed by atoms with van der Waals surface area (Å²) in [6, 6.07) is 6.15. The molecule has 0 spiro atoms. The molecule has 1 aliphatic rings. The van der Waals surface area contributed by atoms with Gasteiger partial charge in [-0.1, -0.05) is 55.6 Å². The molecule has 108 valence electrons. The van der Waals surface area contributed by atoms with Crippen molar-refractivity contribution in [2.24, 2.45) is 4.99 Å². The lowest BCUT2D eigenvalue weighted by Gasteiger charge is -2.16. The van der Waals surface area contributed by atoms with Gasteiger partial charge in [0, 0.05) is 11.4 Å². The Morgan fingerprint density at radius 3 is 2.95 bits per heavy atom. The molecular weight excluding hydrogens is 288 g/mol. The molecule has 0 bridgehead atoms. The van der Waals surface area contributed by atoms with Crippen LogP contribution >= 0.6 is 23.5 Å². The van der Waals surface area contributed by atoms with Crippen molar-refractivity contribution in [2.45, 2.75) is 26.7 Å². The number of hydrogen-bond acceptors (Lipinski definition) is 4. The Bertz CT molecular complexity index is 527. The molecule has 1 aromatic carbocycles. The number of thioether (sulfide) groups is 2. The van der Waals surface area contributed by atoms with Crippen LogP contribution < -0.4 is 5.32 Å². The Morgan fingerprint density at radius 1 is 1.50 bits per heavy atom. The molecule has 20 heavy (non-hydrogen) atoms. The van der Waals surface area contributed by atoms with Gasteiger partial charge in [0.15, 0.2) is 0 Å². The zero-order valence-electron chi connectivity index (χ0n) is 12.1. The van der Waals surface area contributed by atoms with Gasteiger partial charge in [-0.2, -0.15) is 0 Å². The second-order valence-electron chi connectivity index (χ2n) is 5.03. The standard InChI is InChI=1S/C15H20N2OS2/c1-10(2)12-6-4-5-11(3)14(12)17-13(18)9-20-15-16-7-8-19-15/h4-6,10H,7-9H2,1-3H3,(H,17,18). The Hall–Kier alpha value is -0.940. The summed E-state index contributed by atoms with van der Waals surface area (Å²) in [5, 5.41) is 3.06. The van der Waals surface area contributed by atoms with Crippen molar-refractivity contribution in [3.8, 4) is 0 Å². The molecule has 1 heterocycles. The second kappa shape index (κ2) is 7.18. The summed E-state index contributed by atoms with van der Waals surface area (Å²) in [5.74, 6) is 1.91. The van der Waals surface area contributed by atoms with E-state index in [2.05, 4.69) is 30.2 Å². The summed E-state index contributed by atoms with van der Waals surface area (Å²) in [7, 11) is 0. The lowest BCUT2D eigenvalue weighted by molar-refractivity contribution is -0.113. The van der Waals surface area contributed by atoms with Gasteiger partial charge in [0.2, 0.25) is 5.91 Å². The number of rotatable bonds is 4. The summed E-state index contributed by atoms with van der Waals surface area (Å²) < 4.78 is 1.04. The van der Waals surface area contributed by atoms with E-state index in [1.54, 1.807) is 11.8 Å². The van der Waals surface area contributed by atoms with Crippen LogP contribution in [0.3, 0.4) is 0 Å². The van der Waals surface area contributed by atoms with E-state index in [9.17, 15) is 4.79 Å². The van der Waals surface area contributed by atoms with Gasteiger partial charge >= 0.3 is 0 Å². The highest BCUT2D eigenvalue weighted by Crippen LogP contribution is 2.28. The number of benzene rings is 1. The van der Waals surface area contributed by atoms with Gasteiger partial charge in [-0.15, -0.1) is 0 Å². The lowest BCUT2D eigenvalue weighted by Crippen LogP contribution is -2.17. The number of nitrogens with zero attached hydrogens (tertiary/aromatic N) is 1. The van der Waals surface area contributed by atoms with Gasteiger partial charge in [-0.3, -0.25) is 9.79 Å². The van der Waals surface area contributed by atoms with Crippen molar-refractivity contribution in [1.82, 2.24) is 0 Å². The maximum absolute atomic E-state index is 12.1. The smallest absolute Gasteiger partial charge is 0.234 e. The minimum atomic E-state index is 0.0430. The third-order valence-corrected chi connectivity index (χ3v) is 5.33. The number of hydrogen-bond donors (Lipinski definition) is 1. The van der Waals surface area contributed by atoms with E-state index < -0.39 is 0 Å². The van der Waals surface area contributed by atoms with Crippen LogP contribution in [0.5, 0.6) is 0 Å². The quantitative estimate of drug-likeness (QED) is 0.917. The number of carbonyl (C=O) groups is 1. The van der Waals surface area contributed by atoms with Crippen LogP contribution in [0.1, 0.15) is 30.9 Å². The summed E-state index contributed by atoms with van der Waals surface area (Å²) in [5.41, 5.74) is 3.27. The first kappa shape index (κ1) is 15.4. The van der Waals surface area contributed by atoms with Gasteiger partial charge < -0.3 is 5.32 Å². The van der Waals surface area contributed by atoms with Gasteiger partial charge in [-0.25, -0.2) is 0 Å². The fraction of sp³-hybridized carbons (Fsp3) is 0.467. The molecule has 0 fully saturated rings. The zero-order valence-corrected chi connectivity index (χ0v) is 13.7. The van der Waals surface area contributed by atoms with Crippen molar-refractivity contribution in [2.75, 3.05) is 23.4 Å². The molecular formula is C15H20N2OS2. The number of aliphatic imine (C=N–C) groups is 1. The molecule has 1 amide bonds. The minimum absolute atomic E-state index is 0.0430. The molecule has 0 unspecified atom stereocenters. The van der Waals surface area contributed by atoms with Crippen molar-refractivity contribution in [3.05, 3.63) is 29.3 Å². The average molecular weight is 308 g/mol. The predicted octanol–water partition coefficient (Wildman–Crippen LogP) is 3.89. The van der Waals surface area contributed by atoms with Crippen LogP contribution in [0.25, 0.3) is 0 Å². The van der Waals surface area contributed by atoms with Gasteiger partial charge in [-0.05, 0) is 24.0 Å². The largest absolute Gasteiger partial charge is 0.325 e. The van der Waals surface area contributed by atoms with E-state index in [1.807, 2.05) is 19.1 Å². The van der Waals surface area contributed by atoms with Crippen LogP contribution in [0.2, 0.25) is 0 Å². The van der Waals surface area contributed by atoms with Crippen LogP contribution in [-0.2, 0) is 4.79 Å². The molecule has 1 aliphatic heterocycles. The fourth-order valence-electron chi connectivity index (χ4n) is 2.05. The summed E-state index contributed by atoms with van der Waals surface area (Å²) in [6.45, 7) is 7.20. The van der Waals surface area contributed by atoms with E-state index in [0.717, 1.165) is 27.9 Å². The SMILES string of the molecule is Cc1cccc(C(C)C)c1NC(=O)CSC1=NCCS1. The monoisotopic (exact) mass is 308 g/mol. The first-order chi connectivity index (χ1) is 9.58. The molecule has 0 atom stereocenters. The number of aryl methyl sites for hydroxylation is 1. The molecule has 0 aromatic heterocycles. The van der Waals surface area contributed by atoms with Crippen molar-refractivity contribution < 1.29 is 4.79 Å². The molecule has 1 N–H and O–H groups in total. The fourth-order valence-corrected chi connectivity index (χ4v) is 3.86. The maximum Gasteiger partial charge on any atom is 0.234 e. The van der Waals surface area contributed by atoms with Crippen LogP contribution in [0.15, 0.2) is 23.2 Å². The number of para-hydroxylation sites is 1. The van der Waals surface area contributed by atoms with Crippen molar-refractivity contribution in [3.63, 3.8) is 0 Å². The number of amides is 1. The van der Waals surface area contributed by atoms with Crippen LogP contribution in [-0.4, -0.2) is 28.3 Å². The van der Waals surface area contributed by atoms with E-state index in [4.69, 9.17) is 0 Å². The van der Waals surface area contributed by atoms with Crippen LogP contribution in [0.4, 0.5) is 5.69 Å². The zero-order chi connectivity index (χ0) is 14.5. The Balaban J connectivity index is 2.00. The summed E-state index contributed by atoms with van der Waals surface area (Å²) in [4.78, 5) is 16.4. The number of nitrogens with one attached hydrogen (secondary N) is 1. The molecule has 1 aromatic rings. The van der Waals surface area contributed by atoms with Crippen molar-refractivity contribution >= 4 is 39.5 Å². The Labute approximate surface area is 129 Å². The summed E-state index contributed by atoms with van der Waals surface area (Å²) in [6.07, 6.45) is 0. The Morgan fingerprint density at radius 2 is 2.30 bits per heavy atom. The highest BCUT2D eigenvalue weighted by atomic mass is 32.2. The molecule has 5 heteroatoms. The highest BCUT2D eigenvalue weighted by molar-refractivity contribution is 8.39.